The van der Waals surface area contributed by atoms with Crippen LogP contribution >= 0.6 is 0 Å². The number of hydrogen-bond donors (Lipinski definition) is 2. The Balaban J connectivity index is 1.73. The first-order valence-electron chi connectivity index (χ1n) is 6.48. The zero-order valence-electron chi connectivity index (χ0n) is 10.7. The van der Waals surface area contributed by atoms with Crippen LogP contribution in [0.5, 0.6) is 0 Å². The van der Waals surface area contributed by atoms with E-state index in [-0.39, 0.29) is 18.1 Å². The Morgan fingerprint density at radius 2 is 2.41 bits per heavy atom. The lowest BCUT2D eigenvalue weighted by Crippen LogP contribution is -2.56. The molecule has 0 aliphatic carbocycles. The molecular formula is C12H23N3O2. The fourth-order valence-corrected chi connectivity index (χ4v) is 2.58. The minimum atomic E-state index is -0.192. The van der Waals surface area contributed by atoms with Gasteiger partial charge in [0, 0.05) is 19.6 Å². The zero-order chi connectivity index (χ0) is 12.3. The molecule has 0 radical (unpaired) electrons. The van der Waals surface area contributed by atoms with Crippen molar-refractivity contribution in [3.05, 3.63) is 0 Å². The standard InChI is InChI=1S/C12H23N3O2/c1-9-11(13-4-6-17-9)12(16)14-7-10-3-5-15(2)8-10/h9-11,13H,3-8H2,1-2H3,(H,14,16)/t9-,10?,11+/m1/s1. The summed E-state index contributed by atoms with van der Waals surface area (Å²) in [6, 6.07) is -0.192. The number of carbonyl (C=O) groups is 1. The highest BCUT2D eigenvalue weighted by Crippen LogP contribution is 2.13. The van der Waals surface area contributed by atoms with Gasteiger partial charge in [0.2, 0.25) is 5.91 Å². The molecule has 1 unspecified atom stereocenters. The summed E-state index contributed by atoms with van der Waals surface area (Å²) in [5, 5.41) is 6.24. The molecule has 2 saturated heterocycles. The molecule has 2 N–H and O–H groups in total. The van der Waals surface area contributed by atoms with Crippen LogP contribution in [-0.2, 0) is 9.53 Å². The lowest BCUT2D eigenvalue weighted by molar-refractivity contribution is -0.129. The molecule has 2 fully saturated rings. The van der Waals surface area contributed by atoms with Gasteiger partial charge in [-0.3, -0.25) is 4.79 Å². The van der Waals surface area contributed by atoms with E-state index in [1.807, 2.05) is 6.92 Å². The van der Waals surface area contributed by atoms with Crippen LogP contribution in [0.3, 0.4) is 0 Å². The summed E-state index contributed by atoms with van der Waals surface area (Å²) in [5.74, 6) is 0.676. The number of hydrogen-bond acceptors (Lipinski definition) is 4. The van der Waals surface area contributed by atoms with E-state index in [4.69, 9.17) is 4.74 Å². The molecule has 2 aliphatic heterocycles. The maximum Gasteiger partial charge on any atom is 0.239 e. The third-order valence-electron chi connectivity index (χ3n) is 3.65. The number of ether oxygens (including phenoxy) is 1. The highest BCUT2D eigenvalue weighted by Gasteiger charge is 2.29. The van der Waals surface area contributed by atoms with Crippen LogP contribution in [0.4, 0.5) is 0 Å². The Kier molecular flexibility index (Phi) is 4.36. The number of morpholine rings is 1. The lowest BCUT2D eigenvalue weighted by Gasteiger charge is -2.29. The maximum absolute atomic E-state index is 12.0. The third-order valence-corrected chi connectivity index (χ3v) is 3.65. The zero-order valence-corrected chi connectivity index (χ0v) is 10.7. The van der Waals surface area contributed by atoms with Gasteiger partial charge >= 0.3 is 0 Å². The molecule has 3 atom stereocenters. The van der Waals surface area contributed by atoms with Gasteiger partial charge in [-0.1, -0.05) is 0 Å². The van der Waals surface area contributed by atoms with Crippen molar-refractivity contribution < 1.29 is 9.53 Å². The molecule has 0 saturated carbocycles. The Morgan fingerprint density at radius 3 is 3.06 bits per heavy atom. The van der Waals surface area contributed by atoms with Crippen molar-refractivity contribution in [3.63, 3.8) is 0 Å². The van der Waals surface area contributed by atoms with Crippen LogP contribution in [-0.4, -0.2) is 62.8 Å². The van der Waals surface area contributed by atoms with Crippen molar-refractivity contribution in [1.82, 2.24) is 15.5 Å². The highest BCUT2D eigenvalue weighted by molar-refractivity contribution is 5.82. The van der Waals surface area contributed by atoms with Gasteiger partial charge in [-0.2, -0.15) is 0 Å². The third kappa shape index (κ3) is 3.40. The van der Waals surface area contributed by atoms with Gasteiger partial charge in [-0.05, 0) is 32.9 Å². The quantitative estimate of drug-likeness (QED) is 0.695. The smallest absolute Gasteiger partial charge is 0.239 e. The first kappa shape index (κ1) is 12.8. The van der Waals surface area contributed by atoms with Gasteiger partial charge in [-0.25, -0.2) is 0 Å². The van der Waals surface area contributed by atoms with Crippen LogP contribution in [0.25, 0.3) is 0 Å². The molecule has 2 heterocycles. The number of nitrogens with zero attached hydrogens (tertiary/aromatic N) is 1. The lowest BCUT2D eigenvalue weighted by atomic mass is 10.1. The number of amides is 1. The Labute approximate surface area is 103 Å². The van der Waals surface area contributed by atoms with Crippen LogP contribution in [0, 0.1) is 5.92 Å². The Morgan fingerprint density at radius 1 is 1.59 bits per heavy atom. The average molecular weight is 241 g/mol. The van der Waals surface area contributed by atoms with E-state index < -0.39 is 0 Å². The van der Waals surface area contributed by atoms with Gasteiger partial charge in [0.15, 0.2) is 0 Å². The van der Waals surface area contributed by atoms with E-state index >= 15 is 0 Å². The molecule has 2 aliphatic rings. The predicted octanol–water partition coefficient (Wildman–Crippen LogP) is -0.569. The molecule has 0 bridgehead atoms. The maximum atomic E-state index is 12.0. The van der Waals surface area contributed by atoms with Crippen molar-refractivity contribution in [2.45, 2.75) is 25.5 Å². The van der Waals surface area contributed by atoms with E-state index in [1.165, 1.54) is 6.42 Å². The number of carbonyl (C=O) groups excluding carboxylic acids is 1. The molecule has 0 aromatic rings. The van der Waals surface area contributed by atoms with Gasteiger partial charge in [0.05, 0.1) is 12.7 Å². The van der Waals surface area contributed by atoms with Crippen LogP contribution in [0.1, 0.15) is 13.3 Å². The van der Waals surface area contributed by atoms with E-state index in [0.29, 0.717) is 12.5 Å². The molecule has 5 nitrogen and oxygen atoms in total. The monoisotopic (exact) mass is 241 g/mol. The molecule has 1 amide bonds. The first-order chi connectivity index (χ1) is 8.16. The number of rotatable bonds is 3. The molecule has 2 rings (SSSR count). The predicted molar refractivity (Wildman–Crippen MR) is 65.8 cm³/mol. The normalized spacial score (nSPS) is 34.8. The minimum absolute atomic E-state index is 0.0324. The molecule has 17 heavy (non-hydrogen) atoms. The second-order valence-electron chi connectivity index (χ2n) is 5.17. The second-order valence-corrected chi connectivity index (χ2v) is 5.17. The summed E-state index contributed by atoms with van der Waals surface area (Å²) in [6.45, 7) is 6.41. The summed E-state index contributed by atoms with van der Waals surface area (Å²) in [7, 11) is 2.13. The van der Waals surface area contributed by atoms with E-state index in [9.17, 15) is 4.79 Å². The fourth-order valence-electron chi connectivity index (χ4n) is 2.58. The summed E-state index contributed by atoms with van der Waals surface area (Å²) < 4.78 is 5.47. The molecule has 0 aromatic carbocycles. The van der Waals surface area contributed by atoms with Crippen molar-refractivity contribution in [2.24, 2.45) is 5.92 Å². The minimum Gasteiger partial charge on any atom is -0.375 e. The van der Waals surface area contributed by atoms with E-state index in [2.05, 4.69) is 22.6 Å². The summed E-state index contributed by atoms with van der Waals surface area (Å²) in [4.78, 5) is 14.3. The SMILES string of the molecule is C[C@H]1OCCN[C@@H]1C(=O)NCC1CCN(C)C1. The number of likely N-dealkylation sites (tertiary alicyclic amines) is 1. The molecule has 98 valence electrons. The summed E-state index contributed by atoms with van der Waals surface area (Å²) in [6.07, 6.45) is 1.15. The van der Waals surface area contributed by atoms with E-state index in [0.717, 1.165) is 26.2 Å². The number of nitrogens with one attached hydrogen (secondary N) is 2. The molecule has 0 aromatic heterocycles. The van der Waals surface area contributed by atoms with E-state index in [1.54, 1.807) is 0 Å². The molecule has 5 heteroatoms. The average Bonchev–Trinajstić information content (AvgIpc) is 2.73. The second kappa shape index (κ2) is 5.80. The van der Waals surface area contributed by atoms with Gasteiger partial charge in [0.1, 0.15) is 6.04 Å². The Hall–Kier alpha value is -0.650. The largest absolute Gasteiger partial charge is 0.375 e. The molecule has 0 spiro atoms. The van der Waals surface area contributed by atoms with Crippen molar-refractivity contribution in [2.75, 3.05) is 39.8 Å². The Bertz CT molecular complexity index is 272. The van der Waals surface area contributed by atoms with Crippen LogP contribution < -0.4 is 10.6 Å². The molecular weight excluding hydrogens is 218 g/mol. The van der Waals surface area contributed by atoms with Crippen LogP contribution in [0.15, 0.2) is 0 Å². The fraction of sp³-hybridized carbons (Fsp3) is 0.917. The van der Waals surface area contributed by atoms with Crippen molar-refractivity contribution in [1.29, 1.82) is 0 Å². The summed E-state index contributed by atoms with van der Waals surface area (Å²) in [5.41, 5.74) is 0. The van der Waals surface area contributed by atoms with Gasteiger partial charge in [0.25, 0.3) is 0 Å². The van der Waals surface area contributed by atoms with Crippen molar-refractivity contribution >= 4 is 5.91 Å². The van der Waals surface area contributed by atoms with Gasteiger partial charge < -0.3 is 20.3 Å². The summed E-state index contributed by atoms with van der Waals surface area (Å²) >= 11 is 0. The first-order valence-corrected chi connectivity index (χ1v) is 6.48. The highest BCUT2D eigenvalue weighted by atomic mass is 16.5. The van der Waals surface area contributed by atoms with Crippen molar-refractivity contribution in [3.8, 4) is 0 Å². The topological polar surface area (TPSA) is 53.6 Å². The van der Waals surface area contributed by atoms with Gasteiger partial charge in [-0.15, -0.1) is 0 Å². The van der Waals surface area contributed by atoms with Crippen LogP contribution in [0.2, 0.25) is 0 Å².